The van der Waals surface area contributed by atoms with Crippen molar-refractivity contribution in [3.63, 3.8) is 0 Å². The van der Waals surface area contributed by atoms with Crippen molar-refractivity contribution >= 4 is 22.6 Å². The van der Waals surface area contributed by atoms with Gasteiger partial charge in [0, 0.05) is 19.5 Å². The second-order valence-corrected chi connectivity index (χ2v) is 6.00. The fourth-order valence-electron chi connectivity index (χ4n) is 2.78. The molecule has 4 atom stereocenters. The Labute approximate surface area is 152 Å². The van der Waals surface area contributed by atoms with Gasteiger partial charge in [-0.15, -0.1) is 0 Å². The first-order valence-corrected chi connectivity index (χ1v) is 8.04. The summed E-state index contributed by atoms with van der Waals surface area (Å²) >= 11 is 1.90. The zero-order chi connectivity index (χ0) is 15.2. The van der Waals surface area contributed by atoms with Gasteiger partial charge in [0.15, 0.2) is 11.6 Å². The SMILES string of the molecule is CC1(C)O[C@@H]2[C@@H](CO[C@]3(COC(C)(C)O3)[C@H]2O)O1.[CH2-]I.[Zn]. The van der Waals surface area contributed by atoms with Crippen LogP contribution in [0.2, 0.25) is 0 Å². The van der Waals surface area contributed by atoms with E-state index in [2.05, 4.69) is 4.93 Å². The molecular weight excluding hydrogens is 444 g/mol. The van der Waals surface area contributed by atoms with Crippen LogP contribution in [-0.4, -0.2) is 54.0 Å². The molecule has 0 aromatic heterocycles. The minimum atomic E-state index is -1.14. The average molecular weight is 467 g/mol. The van der Waals surface area contributed by atoms with Gasteiger partial charge in [-0.3, -0.25) is 4.93 Å². The molecule has 0 aliphatic carbocycles. The molecule has 21 heavy (non-hydrogen) atoms. The van der Waals surface area contributed by atoms with Crippen molar-refractivity contribution in [2.24, 2.45) is 0 Å². The molecule has 0 bridgehead atoms. The third-order valence-corrected chi connectivity index (χ3v) is 3.51. The third kappa shape index (κ3) is 3.96. The van der Waals surface area contributed by atoms with Crippen LogP contribution in [0.4, 0.5) is 0 Å². The number of fused-ring (bicyclic) bond motifs is 1. The molecule has 3 saturated heterocycles. The normalized spacial score (nSPS) is 42.7. The van der Waals surface area contributed by atoms with Crippen molar-refractivity contribution in [3.05, 3.63) is 4.93 Å². The van der Waals surface area contributed by atoms with Crippen molar-refractivity contribution in [2.45, 2.75) is 63.4 Å². The number of aliphatic hydroxyl groups excluding tert-OH is 1. The molecule has 0 radical (unpaired) electrons. The van der Waals surface area contributed by atoms with Gasteiger partial charge in [0.2, 0.25) is 5.79 Å². The predicted octanol–water partition coefficient (Wildman–Crippen LogP) is 1.59. The summed E-state index contributed by atoms with van der Waals surface area (Å²) in [4.78, 5) is 3.22. The number of ether oxygens (including phenoxy) is 5. The van der Waals surface area contributed by atoms with Crippen LogP contribution in [0.5, 0.6) is 0 Å². The number of hydrogen-bond donors (Lipinski definition) is 1. The maximum Gasteiger partial charge on any atom is 0.224 e. The van der Waals surface area contributed by atoms with E-state index in [0.717, 1.165) is 0 Å². The van der Waals surface area contributed by atoms with Gasteiger partial charge < -0.3 is 51.4 Å². The molecular formula is C13H22IO6Zn-. The molecule has 120 valence electrons. The molecule has 3 rings (SSSR count). The van der Waals surface area contributed by atoms with E-state index < -0.39 is 29.6 Å². The van der Waals surface area contributed by atoms with E-state index in [1.54, 1.807) is 13.8 Å². The van der Waals surface area contributed by atoms with Gasteiger partial charge in [-0.05, 0) is 27.7 Å². The molecule has 0 aromatic carbocycles. The largest absolute Gasteiger partial charge is 0.385 e. The van der Waals surface area contributed by atoms with Gasteiger partial charge in [0.05, 0.1) is 6.61 Å². The van der Waals surface area contributed by atoms with Crippen molar-refractivity contribution in [1.82, 2.24) is 0 Å². The zero-order valence-electron chi connectivity index (χ0n) is 12.9. The molecule has 0 saturated carbocycles. The van der Waals surface area contributed by atoms with E-state index in [0.29, 0.717) is 6.61 Å². The van der Waals surface area contributed by atoms with Crippen LogP contribution in [0.15, 0.2) is 0 Å². The molecule has 8 heteroatoms. The first kappa shape index (κ1) is 20.2. The molecule has 1 N–H and O–H groups in total. The fourth-order valence-corrected chi connectivity index (χ4v) is 2.78. The number of aliphatic hydroxyl groups is 1. The van der Waals surface area contributed by atoms with Gasteiger partial charge in [0.25, 0.3) is 0 Å². The maximum atomic E-state index is 10.5. The second kappa shape index (κ2) is 6.93. The zero-order valence-corrected chi connectivity index (χ0v) is 18.1. The summed E-state index contributed by atoms with van der Waals surface area (Å²) in [5.74, 6) is -2.61. The monoisotopic (exact) mass is 465 g/mol. The van der Waals surface area contributed by atoms with Gasteiger partial charge in [-0.2, -0.15) is 0 Å². The van der Waals surface area contributed by atoms with Gasteiger partial charge in [0.1, 0.15) is 24.9 Å². The molecule has 3 heterocycles. The fraction of sp³-hybridized carbons (Fsp3) is 0.923. The maximum absolute atomic E-state index is 10.5. The van der Waals surface area contributed by atoms with Crippen LogP contribution >= 0.6 is 22.6 Å². The Morgan fingerprint density at radius 1 is 1.05 bits per heavy atom. The van der Waals surface area contributed by atoms with E-state index >= 15 is 0 Å². The second-order valence-electron chi connectivity index (χ2n) is 6.00. The average Bonchev–Trinajstić information content (AvgIpc) is 2.85. The molecule has 3 aliphatic heterocycles. The topological polar surface area (TPSA) is 66.4 Å². The smallest absolute Gasteiger partial charge is 0.224 e. The quantitative estimate of drug-likeness (QED) is 0.332. The van der Waals surface area contributed by atoms with E-state index in [-0.39, 0.29) is 32.2 Å². The Kier molecular flexibility index (Phi) is 6.65. The summed E-state index contributed by atoms with van der Waals surface area (Å²) in [6.45, 7) is 7.74. The molecule has 6 nitrogen and oxygen atoms in total. The van der Waals surface area contributed by atoms with Crippen LogP contribution in [0.3, 0.4) is 0 Å². The summed E-state index contributed by atoms with van der Waals surface area (Å²) in [6, 6.07) is 0. The summed E-state index contributed by atoms with van der Waals surface area (Å²) in [7, 11) is 0. The van der Waals surface area contributed by atoms with Crippen molar-refractivity contribution in [3.8, 4) is 0 Å². The molecule has 3 aliphatic rings. The standard InChI is InChI=1S/C12H20O6.CH2I.Zn/c1-10(2)15-6-12(18-10)9(13)8-7(5-14-12)16-11(3,4)17-8;1-2;/h7-9,13H,5-6H2,1-4H3;1H2;/q;-1;/t7-,8-,9+,12+;;/m1../s1. The first-order valence-electron chi connectivity index (χ1n) is 6.52. The van der Waals surface area contributed by atoms with Crippen LogP contribution in [0, 0.1) is 4.93 Å². The van der Waals surface area contributed by atoms with Gasteiger partial charge >= 0.3 is 0 Å². The number of hydrogen-bond acceptors (Lipinski definition) is 6. The van der Waals surface area contributed by atoms with E-state index in [1.807, 2.05) is 36.4 Å². The Morgan fingerprint density at radius 2 is 1.67 bits per heavy atom. The van der Waals surface area contributed by atoms with Gasteiger partial charge in [-0.1, -0.05) is 0 Å². The minimum Gasteiger partial charge on any atom is -0.385 e. The van der Waals surface area contributed by atoms with Crippen LogP contribution in [0.1, 0.15) is 27.7 Å². The Balaban J connectivity index is 0.000000706. The van der Waals surface area contributed by atoms with E-state index in [4.69, 9.17) is 23.7 Å². The van der Waals surface area contributed by atoms with E-state index in [9.17, 15) is 5.11 Å². The molecule has 0 amide bonds. The number of halogens is 1. The summed E-state index contributed by atoms with van der Waals surface area (Å²) in [5.41, 5.74) is 0. The first-order chi connectivity index (χ1) is 9.23. The van der Waals surface area contributed by atoms with E-state index in [1.165, 1.54) is 0 Å². The Morgan fingerprint density at radius 3 is 2.19 bits per heavy atom. The molecule has 0 unspecified atom stereocenters. The molecule has 3 fully saturated rings. The van der Waals surface area contributed by atoms with Crippen molar-refractivity contribution in [2.75, 3.05) is 13.2 Å². The summed E-state index contributed by atoms with van der Waals surface area (Å²) in [6.07, 6.45) is -1.65. The third-order valence-electron chi connectivity index (χ3n) is 3.51. The molecule has 1 spiro atoms. The van der Waals surface area contributed by atoms with Crippen molar-refractivity contribution < 1.29 is 48.3 Å². The van der Waals surface area contributed by atoms with Crippen LogP contribution in [-0.2, 0) is 43.2 Å². The van der Waals surface area contributed by atoms with Crippen LogP contribution in [0.25, 0.3) is 0 Å². The van der Waals surface area contributed by atoms with Crippen LogP contribution < -0.4 is 0 Å². The number of rotatable bonds is 0. The van der Waals surface area contributed by atoms with Gasteiger partial charge in [-0.25, -0.2) is 0 Å². The summed E-state index contributed by atoms with van der Waals surface area (Å²) < 4.78 is 28.3. The Hall–Kier alpha value is 1.11. The Bertz CT molecular complexity index is 365. The summed E-state index contributed by atoms with van der Waals surface area (Å²) in [5, 5.41) is 10.5. The predicted molar refractivity (Wildman–Crippen MR) is 79.0 cm³/mol. The molecule has 0 aromatic rings. The minimum absolute atomic E-state index is 0. The van der Waals surface area contributed by atoms with Crippen molar-refractivity contribution in [1.29, 1.82) is 0 Å².